The highest BCUT2D eigenvalue weighted by Gasteiger charge is 2.29. The number of rotatable bonds is 5. The fourth-order valence-electron chi connectivity index (χ4n) is 1.79. The van der Waals surface area contributed by atoms with Crippen molar-refractivity contribution in [1.82, 2.24) is 0 Å². The molecular weight excluding hydrogens is 148 g/mol. The average molecular weight is 170 g/mol. The van der Waals surface area contributed by atoms with Crippen LogP contribution in [0, 0.1) is 17.3 Å². The third-order valence-electron chi connectivity index (χ3n) is 2.64. The molecule has 0 bridgehead atoms. The zero-order valence-electron chi connectivity index (χ0n) is 8.80. The zero-order chi connectivity index (χ0) is 9.78. The lowest BCUT2D eigenvalue weighted by Crippen LogP contribution is -2.31. The SMILES string of the molecule is C=CC[C@H](C(C)C)C(C)(C)CO. The number of aliphatic hydroxyl groups is 1. The molecule has 0 radical (unpaired) electrons. The van der Waals surface area contributed by atoms with Crippen LogP contribution in [-0.2, 0) is 0 Å². The van der Waals surface area contributed by atoms with E-state index in [1.54, 1.807) is 0 Å². The fraction of sp³-hybridized carbons (Fsp3) is 0.818. The van der Waals surface area contributed by atoms with Crippen LogP contribution in [0.5, 0.6) is 0 Å². The standard InChI is InChI=1S/C11H22O/c1-6-7-10(9(2)3)11(4,5)8-12/h6,9-10,12H,1,7-8H2,2-5H3/t10-/m1/s1. The van der Waals surface area contributed by atoms with Crippen molar-refractivity contribution < 1.29 is 5.11 Å². The number of allylic oxidation sites excluding steroid dienone is 1. The Bertz CT molecular complexity index is 136. The first-order chi connectivity index (χ1) is 5.45. The first-order valence-electron chi connectivity index (χ1n) is 4.67. The van der Waals surface area contributed by atoms with Gasteiger partial charge in [-0.3, -0.25) is 0 Å². The summed E-state index contributed by atoms with van der Waals surface area (Å²) in [6.07, 6.45) is 2.94. The molecule has 0 spiro atoms. The molecule has 0 saturated carbocycles. The molecule has 0 aromatic rings. The molecule has 1 atom stereocenters. The minimum atomic E-state index is 0.0162. The molecule has 72 valence electrons. The van der Waals surface area contributed by atoms with Crippen LogP contribution in [0.1, 0.15) is 34.1 Å². The van der Waals surface area contributed by atoms with Gasteiger partial charge < -0.3 is 5.11 Å². The van der Waals surface area contributed by atoms with Crippen LogP contribution < -0.4 is 0 Å². The maximum Gasteiger partial charge on any atom is 0.0484 e. The van der Waals surface area contributed by atoms with E-state index in [-0.39, 0.29) is 12.0 Å². The van der Waals surface area contributed by atoms with Crippen molar-refractivity contribution in [2.75, 3.05) is 6.61 Å². The Balaban J connectivity index is 4.37. The van der Waals surface area contributed by atoms with Gasteiger partial charge in [-0.2, -0.15) is 0 Å². The fourth-order valence-corrected chi connectivity index (χ4v) is 1.79. The number of aliphatic hydroxyl groups excluding tert-OH is 1. The summed E-state index contributed by atoms with van der Waals surface area (Å²) in [4.78, 5) is 0. The van der Waals surface area contributed by atoms with Gasteiger partial charge in [-0.05, 0) is 23.7 Å². The lowest BCUT2D eigenvalue weighted by molar-refractivity contribution is 0.0711. The molecule has 1 N–H and O–H groups in total. The summed E-state index contributed by atoms with van der Waals surface area (Å²) < 4.78 is 0. The van der Waals surface area contributed by atoms with E-state index in [1.165, 1.54) is 0 Å². The van der Waals surface area contributed by atoms with Gasteiger partial charge in [0.15, 0.2) is 0 Å². The smallest absolute Gasteiger partial charge is 0.0484 e. The maximum atomic E-state index is 9.21. The lowest BCUT2D eigenvalue weighted by Gasteiger charge is -2.35. The minimum absolute atomic E-state index is 0.0162. The highest BCUT2D eigenvalue weighted by Crippen LogP contribution is 2.34. The summed E-state index contributed by atoms with van der Waals surface area (Å²) >= 11 is 0. The Morgan fingerprint density at radius 1 is 1.42 bits per heavy atom. The summed E-state index contributed by atoms with van der Waals surface area (Å²) in [5.74, 6) is 1.13. The van der Waals surface area contributed by atoms with E-state index in [9.17, 15) is 5.11 Å². The molecule has 0 saturated heterocycles. The molecule has 0 aliphatic heterocycles. The summed E-state index contributed by atoms with van der Waals surface area (Å²) in [5, 5.41) is 9.21. The van der Waals surface area contributed by atoms with Gasteiger partial charge >= 0.3 is 0 Å². The molecule has 12 heavy (non-hydrogen) atoms. The van der Waals surface area contributed by atoms with Crippen molar-refractivity contribution in [2.24, 2.45) is 17.3 Å². The van der Waals surface area contributed by atoms with Crippen LogP contribution in [0.3, 0.4) is 0 Å². The largest absolute Gasteiger partial charge is 0.396 e. The average Bonchev–Trinajstić information content (AvgIpc) is 1.99. The summed E-state index contributed by atoms with van der Waals surface area (Å²) in [5.41, 5.74) is 0.0162. The quantitative estimate of drug-likeness (QED) is 0.629. The van der Waals surface area contributed by atoms with Crippen molar-refractivity contribution in [3.05, 3.63) is 12.7 Å². The Morgan fingerprint density at radius 3 is 2.17 bits per heavy atom. The van der Waals surface area contributed by atoms with Gasteiger partial charge in [0.25, 0.3) is 0 Å². The second-order valence-electron chi connectivity index (χ2n) is 4.52. The van der Waals surface area contributed by atoms with E-state index in [1.807, 2.05) is 6.08 Å². The van der Waals surface area contributed by atoms with Gasteiger partial charge in [0, 0.05) is 6.61 Å². The summed E-state index contributed by atoms with van der Waals surface area (Å²) in [6, 6.07) is 0. The van der Waals surface area contributed by atoms with Gasteiger partial charge in [-0.25, -0.2) is 0 Å². The maximum absolute atomic E-state index is 9.21. The molecular formula is C11H22O. The summed E-state index contributed by atoms with van der Waals surface area (Å²) in [7, 11) is 0. The third kappa shape index (κ3) is 2.98. The Kier molecular flexibility index (Phi) is 4.54. The third-order valence-corrected chi connectivity index (χ3v) is 2.64. The Morgan fingerprint density at radius 2 is 1.92 bits per heavy atom. The van der Waals surface area contributed by atoms with Gasteiger partial charge in [-0.1, -0.05) is 33.8 Å². The van der Waals surface area contributed by atoms with E-state index >= 15 is 0 Å². The predicted octanol–water partition coefficient (Wildman–Crippen LogP) is 2.85. The van der Waals surface area contributed by atoms with Crippen molar-refractivity contribution in [3.8, 4) is 0 Å². The molecule has 0 unspecified atom stereocenters. The van der Waals surface area contributed by atoms with Crippen LogP contribution in [0.25, 0.3) is 0 Å². The van der Waals surface area contributed by atoms with Crippen LogP contribution in [0.2, 0.25) is 0 Å². The van der Waals surface area contributed by atoms with Gasteiger partial charge in [0.2, 0.25) is 0 Å². The van der Waals surface area contributed by atoms with Crippen molar-refractivity contribution in [3.63, 3.8) is 0 Å². The Hall–Kier alpha value is -0.300. The normalized spacial score (nSPS) is 14.8. The molecule has 1 nitrogen and oxygen atoms in total. The highest BCUT2D eigenvalue weighted by atomic mass is 16.3. The van der Waals surface area contributed by atoms with Crippen LogP contribution in [0.15, 0.2) is 12.7 Å². The van der Waals surface area contributed by atoms with Gasteiger partial charge in [0.05, 0.1) is 0 Å². The topological polar surface area (TPSA) is 20.2 Å². The number of hydrogen-bond donors (Lipinski definition) is 1. The highest BCUT2D eigenvalue weighted by molar-refractivity contribution is 4.85. The van der Waals surface area contributed by atoms with Crippen LogP contribution in [0.4, 0.5) is 0 Å². The van der Waals surface area contributed by atoms with Gasteiger partial charge in [-0.15, -0.1) is 6.58 Å². The first kappa shape index (κ1) is 11.7. The molecule has 0 rings (SSSR count). The minimum Gasteiger partial charge on any atom is -0.396 e. The lowest BCUT2D eigenvalue weighted by atomic mass is 9.72. The molecule has 0 aliphatic rings. The molecule has 0 fully saturated rings. The molecule has 0 heterocycles. The summed E-state index contributed by atoms with van der Waals surface area (Å²) in [6.45, 7) is 12.6. The molecule has 1 heteroatoms. The van der Waals surface area contributed by atoms with E-state index in [2.05, 4.69) is 34.3 Å². The monoisotopic (exact) mass is 170 g/mol. The molecule has 0 aliphatic carbocycles. The van der Waals surface area contributed by atoms with Crippen molar-refractivity contribution >= 4 is 0 Å². The zero-order valence-corrected chi connectivity index (χ0v) is 8.80. The first-order valence-corrected chi connectivity index (χ1v) is 4.67. The van der Waals surface area contributed by atoms with E-state index < -0.39 is 0 Å². The molecule has 0 aromatic carbocycles. The predicted molar refractivity (Wildman–Crippen MR) is 54.0 cm³/mol. The second-order valence-corrected chi connectivity index (χ2v) is 4.52. The number of hydrogen-bond acceptors (Lipinski definition) is 1. The molecule has 0 amide bonds. The van der Waals surface area contributed by atoms with Crippen molar-refractivity contribution in [1.29, 1.82) is 0 Å². The Labute approximate surface area is 76.5 Å². The van der Waals surface area contributed by atoms with E-state index in [4.69, 9.17) is 0 Å². The molecule has 0 aromatic heterocycles. The van der Waals surface area contributed by atoms with Crippen molar-refractivity contribution in [2.45, 2.75) is 34.1 Å². The van der Waals surface area contributed by atoms with Crippen LogP contribution >= 0.6 is 0 Å². The van der Waals surface area contributed by atoms with Gasteiger partial charge in [0.1, 0.15) is 0 Å². The van der Waals surface area contributed by atoms with Crippen LogP contribution in [-0.4, -0.2) is 11.7 Å². The van der Waals surface area contributed by atoms with E-state index in [0.29, 0.717) is 11.8 Å². The van der Waals surface area contributed by atoms with E-state index in [0.717, 1.165) is 6.42 Å². The second kappa shape index (κ2) is 4.66.